The first-order valence-electron chi connectivity index (χ1n) is 8.97. The topological polar surface area (TPSA) is 55.2 Å². The van der Waals surface area contributed by atoms with E-state index in [0.717, 1.165) is 42.3 Å². The van der Waals surface area contributed by atoms with Gasteiger partial charge >= 0.3 is 0 Å². The van der Waals surface area contributed by atoms with Crippen molar-refractivity contribution in [3.63, 3.8) is 0 Å². The number of carbonyl (C=O) groups is 1. The number of halogens is 2. The number of hydrogen-bond acceptors (Lipinski definition) is 4. The Morgan fingerprint density at radius 2 is 1.79 bits per heavy atom. The number of rotatable bonds is 4. The molecule has 0 saturated carbocycles. The Kier molecular flexibility index (Phi) is 5.33. The van der Waals surface area contributed by atoms with Crippen LogP contribution in [0.3, 0.4) is 0 Å². The maximum Gasteiger partial charge on any atom is 0.295 e. The second-order valence-electron chi connectivity index (χ2n) is 6.67. The Morgan fingerprint density at radius 1 is 1.04 bits per heavy atom. The highest BCUT2D eigenvalue weighted by atomic mass is 79.9. The molecule has 0 bridgehead atoms. The van der Waals surface area contributed by atoms with Crippen molar-refractivity contribution in [3.8, 4) is 16.9 Å². The summed E-state index contributed by atoms with van der Waals surface area (Å²) in [5.74, 6) is 0. The van der Waals surface area contributed by atoms with Gasteiger partial charge in [-0.1, -0.05) is 39.7 Å². The molecule has 28 heavy (non-hydrogen) atoms. The Hall–Kier alpha value is -2.44. The molecule has 1 aliphatic rings. The van der Waals surface area contributed by atoms with Gasteiger partial charge in [0, 0.05) is 28.7 Å². The van der Waals surface area contributed by atoms with Gasteiger partial charge in [-0.05, 0) is 49.2 Å². The number of anilines is 1. The largest absolute Gasteiger partial charge is 0.367 e. The first-order chi connectivity index (χ1) is 13.6. The second kappa shape index (κ2) is 7.89. The van der Waals surface area contributed by atoms with E-state index in [1.165, 1.54) is 4.68 Å². The third kappa shape index (κ3) is 3.62. The van der Waals surface area contributed by atoms with E-state index < -0.39 is 0 Å². The zero-order valence-electron chi connectivity index (χ0n) is 14.9. The molecule has 0 atom stereocenters. The zero-order chi connectivity index (χ0) is 19.7. The van der Waals surface area contributed by atoms with Crippen molar-refractivity contribution in [1.29, 1.82) is 0 Å². The van der Waals surface area contributed by atoms with Crippen LogP contribution in [0.1, 0.15) is 23.2 Å². The molecule has 0 aliphatic carbocycles. The number of carbonyl (C=O) groups excluding carboxylic acids is 1. The molecule has 7 heteroatoms. The minimum absolute atomic E-state index is 0.204. The number of aldehydes is 1. The predicted octanol–water partition coefficient (Wildman–Crippen LogP) is 4.73. The summed E-state index contributed by atoms with van der Waals surface area (Å²) < 4.78 is 2.12. The molecule has 2 aromatic carbocycles. The van der Waals surface area contributed by atoms with Crippen LogP contribution >= 0.6 is 27.5 Å². The molecule has 0 N–H and O–H groups in total. The van der Waals surface area contributed by atoms with Crippen LogP contribution in [-0.2, 0) is 0 Å². The molecule has 1 fully saturated rings. The highest BCUT2D eigenvalue weighted by molar-refractivity contribution is 9.10. The van der Waals surface area contributed by atoms with E-state index in [1.54, 1.807) is 30.3 Å². The van der Waals surface area contributed by atoms with Crippen LogP contribution in [0, 0.1) is 0 Å². The molecule has 0 unspecified atom stereocenters. The monoisotopic (exact) mass is 457 g/mol. The zero-order valence-corrected chi connectivity index (χ0v) is 17.3. The smallest absolute Gasteiger partial charge is 0.295 e. The summed E-state index contributed by atoms with van der Waals surface area (Å²) in [5.41, 5.74) is 2.80. The molecular formula is C21H17BrClN3O2. The Bertz CT molecular complexity index is 1110. The molecule has 142 valence electrons. The van der Waals surface area contributed by atoms with E-state index in [2.05, 4.69) is 25.9 Å². The van der Waals surface area contributed by atoms with Crippen LogP contribution in [0.5, 0.6) is 0 Å². The van der Waals surface area contributed by atoms with Gasteiger partial charge in [0.05, 0.1) is 16.4 Å². The predicted molar refractivity (Wildman–Crippen MR) is 115 cm³/mol. The van der Waals surface area contributed by atoms with Crippen molar-refractivity contribution < 1.29 is 4.79 Å². The van der Waals surface area contributed by atoms with Crippen LogP contribution < -0.4 is 10.5 Å². The van der Waals surface area contributed by atoms with Gasteiger partial charge in [-0.25, -0.2) is 0 Å². The summed E-state index contributed by atoms with van der Waals surface area (Å²) in [5, 5.41) is 5.03. The molecule has 0 spiro atoms. The van der Waals surface area contributed by atoms with Crippen molar-refractivity contribution in [2.75, 3.05) is 18.0 Å². The molecule has 0 radical (unpaired) electrons. The van der Waals surface area contributed by atoms with E-state index in [1.807, 2.05) is 18.2 Å². The minimum atomic E-state index is -0.204. The number of aromatic nitrogens is 2. The summed E-state index contributed by atoms with van der Waals surface area (Å²) in [7, 11) is 0. The number of nitrogens with zero attached hydrogens (tertiary/aromatic N) is 3. The van der Waals surface area contributed by atoms with Gasteiger partial charge in [0.1, 0.15) is 12.0 Å². The van der Waals surface area contributed by atoms with Crippen LogP contribution in [0.25, 0.3) is 16.9 Å². The van der Waals surface area contributed by atoms with E-state index in [9.17, 15) is 9.59 Å². The highest BCUT2D eigenvalue weighted by Gasteiger charge is 2.20. The summed E-state index contributed by atoms with van der Waals surface area (Å²) in [6.45, 7) is 1.67. The lowest BCUT2D eigenvalue weighted by atomic mass is 10.1. The Balaban J connectivity index is 1.97. The van der Waals surface area contributed by atoms with Gasteiger partial charge in [0.25, 0.3) is 5.56 Å². The maximum absolute atomic E-state index is 13.2. The van der Waals surface area contributed by atoms with Gasteiger partial charge in [0.2, 0.25) is 0 Å². The third-order valence-corrected chi connectivity index (χ3v) is 5.55. The summed E-state index contributed by atoms with van der Waals surface area (Å²) in [6.07, 6.45) is 2.89. The SMILES string of the molecule is O=Cc1cc(Br)cc(-c2cc(N3CCCC3)c(=O)n(-c3ccccc3Cl)n2)c1. The van der Waals surface area contributed by atoms with Gasteiger partial charge in [-0.3, -0.25) is 9.59 Å². The van der Waals surface area contributed by atoms with Crippen LogP contribution in [-0.4, -0.2) is 29.2 Å². The van der Waals surface area contributed by atoms with Crippen LogP contribution in [0.4, 0.5) is 5.69 Å². The quantitative estimate of drug-likeness (QED) is 0.531. The van der Waals surface area contributed by atoms with Crippen LogP contribution in [0.15, 0.2) is 57.8 Å². The molecule has 2 heterocycles. The number of hydrogen-bond donors (Lipinski definition) is 0. The van der Waals surface area contributed by atoms with Gasteiger partial charge in [0.15, 0.2) is 0 Å². The lowest BCUT2D eigenvalue weighted by molar-refractivity contribution is 0.112. The molecule has 1 aromatic heterocycles. The fourth-order valence-corrected chi connectivity index (χ4v) is 4.15. The maximum atomic E-state index is 13.2. The van der Waals surface area contributed by atoms with Crippen molar-refractivity contribution in [2.24, 2.45) is 0 Å². The molecule has 5 nitrogen and oxygen atoms in total. The van der Waals surface area contributed by atoms with Crippen molar-refractivity contribution in [3.05, 3.63) is 73.9 Å². The third-order valence-electron chi connectivity index (χ3n) is 4.77. The first kappa shape index (κ1) is 18.9. The Labute approximate surface area is 175 Å². The normalized spacial score (nSPS) is 13.7. The average molecular weight is 459 g/mol. The fourth-order valence-electron chi connectivity index (χ4n) is 3.42. The minimum Gasteiger partial charge on any atom is -0.367 e. The molecular weight excluding hydrogens is 442 g/mol. The Morgan fingerprint density at radius 3 is 2.50 bits per heavy atom. The van der Waals surface area contributed by atoms with E-state index >= 15 is 0 Å². The fraction of sp³-hybridized carbons (Fsp3) is 0.190. The van der Waals surface area contributed by atoms with Gasteiger partial charge in [-0.2, -0.15) is 9.78 Å². The molecule has 1 aliphatic heterocycles. The van der Waals surface area contributed by atoms with E-state index in [0.29, 0.717) is 27.7 Å². The summed E-state index contributed by atoms with van der Waals surface area (Å²) >= 11 is 9.79. The second-order valence-corrected chi connectivity index (χ2v) is 7.99. The van der Waals surface area contributed by atoms with Crippen molar-refractivity contribution >= 4 is 39.5 Å². The average Bonchev–Trinajstić information content (AvgIpc) is 3.23. The number of benzene rings is 2. The van der Waals surface area contributed by atoms with Gasteiger partial charge in [-0.15, -0.1) is 0 Å². The lowest BCUT2D eigenvalue weighted by Gasteiger charge is -2.19. The van der Waals surface area contributed by atoms with Crippen molar-refractivity contribution in [2.45, 2.75) is 12.8 Å². The van der Waals surface area contributed by atoms with E-state index in [-0.39, 0.29) is 5.56 Å². The van der Waals surface area contributed by atoms with Crippen molar-refractivity contribution in [1.82, 2.24) is 9.78 Å². The molecule has 1 saturated heterocycles. The van der Waals surface area contributed by atoms with E-state index in [4.69, 9.17) is 11.6 Å². The summed E-state index contributed by atoms with van der Waals surface area (Å²) in [6, 6.07) is 14.3. The molecule has 4 rings (SSSR count). The summed E-state index contributed by atoms with van der Waals surface area (Å²) in [4.78, 5) is 26.6. The lowest BCUT2D eigenvalue weighted by Crippen LogP contribution is -2.31. The number of para-hydroxylation sites is 1. The molecule has 0 amide bonds. The van der Waals surface area contributed by atoms with Gasteiger partial charge < -0.3 is 4.90 Å². The van der Waals surface area contributed by atoms with Crippen LogP contribution in [0.2, 0.25) is 5.02 Å². The first-order valence-corrected chi connectivity index (χ1v) is 10.1. The standard InChI is InChI=1S/C21H17BrClN3O2/c22-16-10-14(13-27)9-15(11-16)18-12-20(25-7-3-4-8-25)21(28)26(24-18)19-6-2-1-5-17(19)23/h1-2,5-6,9-13H,3-4,7-8H2. The highest BCUT2D eigenvalue weighted by Crippen LogP contribution is 2.27. The molecule has 3 aromatic rings.